The Morgan fingerprint density at radius 1 is 1.15 bits per heavy atom. The van der Waals surface area contributed by atoms with Crippen LogP contribution in [-0.4, -0.2) is 75.7 Å². The molecule has 4 saturated carbocycles. The molecule has 6 atom stereocenters. The van der Waals surface area contributed by atoms with E-state index in [0.717, 1.165) is 43.3 Å². The van der Waals surface area contributed by atoms with Crippen LogP contribution in [0.2, 0.25) is 5.02 Å². The molecule has 41 heavy (non-hydrogen) atoms. The summed E-state index contributed by atoms with van der Waals surface area (Å²) in [5, 5.41) is 45.1. The number of carbonyl (C=O) groups excluding carboxylic acids is 1. The van der Waals surface area contributed by atoms with E-state index in [1.165, 1.54) is 18.9 Å². The van der Waals surface area contributed by atoms with Gasteiger partial charge in [0, 0.05) is 12.5 Å². The predicted molar refractivity (Wildman–Crippen MR) is 149 cm³/mol. The van der Waals surface area contributed by atoms with Crippen molar-refractivity contribution >= 4 is 29.2 Å². The van der Waals surface area contributed by atoms with Gasteiger partial charge in [0.15, 0.2) is 0 Å². The van der Waals surface area contributed by atoms with E-state index in [1.54, 1.807) is 26.2 Å². The topological polar surface area (TPSA) is 155 Å². The molecule has 4 aliphatic carbocycles. The maximum atomic E-state index is 12.7. The smallest absolute Gasteiger partial charge is 0.377 e. The molecule has 1 aromatic carbocycles. The van der Waals surface area contributed by atoms with Crippen LogP contribution in [0.3, 0.4) is 0 Å². The molecule has 0 radical (unpaired) electrons. The summed E-state index contributed by atoms with van der Waals surface area (Å²) in [5.41, 5.74) is 2.00. The first-order valence-corrected chi connectivity index (χ1v) is 14.8. The van der Waals surface area contributed by atoms with Gasteiger partial charge in [-0.1, -0.05) is 18.5 Å². The number of carboxylic acid groups (broad SMARTS) is 1. The monoisotopic (exact) mass is 593 g/mol. The molecule has 1 aromatic rings. The maximum Gasteiger partial charge on any atom is 0.377 e. The summed E-state index contributed by atoms with van der Waals surface area (Å²) in [7, 11) is 1.63. The number of aliphatic hydroxyl groups is 3. The largest absolute Gasteiger partial charge is 0.496 e. The molecule has 5 N–H and O–H groups in total. The van der Waals surface area contributed by atoms with Gasteiger partial charge in [-0.2, -0.15) is 0 Å². The molecule has 6 unspecified atom stereocenters. The Kier molecular flexibility index (Phi) is 8.61. The Morgan fingerprint density at radius 3 is 2.32 bits per heavy atom. The number of methoxy groups -OCH3 is 1. The van der Waals surface area contributed by atoms with Crippen LogP contribution in [-0.2, 0) is 19.1 Å². The van der Waals surface area contributed by atoms with E-state index >= 15 is 0 Å². The van der Waals surface area contributed by atoms with Gasteiger partial charge in [-0.05, 0) is 86.0 Å². The SMILES string of the molecule is CCC(O)C(O)C1OC(Oc2cc(C(OC)=C3C4CC5CC(C4)CC3C5)ccc2Cl)(C(=O)O)CC(O)C1NC(C)=O. The highest BCUT2D eigenvalue weighted by Crippen LogP contribution is 2.58. The first-order chi connectivity index (χ1) is 19.5. The number of carbonyl (C=O) groups is 2. The van der Waals surface area contributed by atoms with E-state index in [-0.39, 0.29) is 17.2 Å². The molecular formula is C30H40ClNO9. The van der Waals surface area contributed by atoms with Gasteiger partial charge in [-0.25, -0.2) is 4.79 Å². The molecule has 1 amide bonds. The fraction of sp³-hybridized carbons (Fsp3) is 0.667. The Bertz CT molecular complexity index is 1170. The average Bonchev–Trinajstić information content (AvgIpc) is 2.92. The number of halogens is 1. The zero-order valence-electron chi connectivity index (χ0n) is 23.6. The number of hydrogen-bond donors (Lipinski definition) is 5. The number of aliphatic carboxylic acids is 1. The number of aliphatic hydroxyl groups excluding tert-OH is 3. The molecule has 1 saturated heterocycles. The molecule has 6 rings (SSSR count). The van der Waals surface area contributed by atoms with Crippen LogP contribution in [0.1, 0.15) is 64.4 Å². The van der Waals surface area contributed by atoms with E-state index in [0.29, 0.717) is 17.4 Å². The molecule has 11 heteroatoms. The maximum absolute atomic E-state index is 12.7. The summed E-state index contributed by atoms with van der Waals surface area (Å²) < 4.78 is 17.8. The number of nitrogens with one attached hydrogen (secondary N) is 1. The number of benzene rings is 1. The third-order valence-corrected chi connectivity index (χ3v) is 9.68. The van der Waals surface area contributed by atoms with Gasteiger partial charge < -0.3 is 40.0 Å². The summed E-state index contributed by atoms with van der Waals surface area (Å²) in [5.74, 6) is -1.35. The lowest BCUT2D eigenvalue weighted by Gasteiger charge is -2.51. The van der Waals surface area contributed by atoms with Crippen molar-refractivity contribution in [3.05, 3.63) is 34.4 Å². The quantitative estimate of drug-likeness (QED) is 0.272. The fourth-order valence-corrected chi connectivity index (χ4v) is 7.89. The average molecular weight is 594 g/mol. The fourth-order valence-electron chi connectivity index (χ4n) is 7.73. The number of allylic oxidation sites excluding steroid dienone is 1. The predicted octanol–water partition coefficient (Wildman–Crippen LogP) is 3.10. The molecule has 226 valence electrons. The molecule has 10 nitrogen and oxygen atoms in total. The van der Waals surface area contributed by atoms with Crippen LogP contribution in [0, 0.1) is 23.7 Å². The zero-order chi connectivity index (χ0) is 29.6. The minimum absolute atomic E-state index is 0.00000958. The Balaban J connectivity index is 1.49. The highest BCUT2D eigenvalue weighted by Gasteiger charge is 2.57. The second-order valence-electron chi connectivity index (χ2n) is 12.1. The lowest BCUT2D eigenvalue weighted by atomic mass is 9.54. The Hall–Kier alpha value is -2.37. The number of carboxylic acids is 1. The highest BCUT2D eigenvalue weighted by molar-refractivity contribution is 6.32. The van der Waals surface area contributed by atoms with Crippen molar-refractivity contribution < 1.29 is 44.2 Å². The van der Waals surface area contributed by atoms with Gasteiger partial charge in [0.25, 0.3) is 0 Å². The van der Waals surface area contributed by atoms with Gasteiger partial charge in [-0.15, -0.1) is 0 Å². The van der Waals surface area contributed by atoms with Crippen molar-refractivity contribution in [1.29, 1.82) is 0 Å². The normalized spacial score (nSPS) is 35.5. The van der Waals surface area contributed by atoms with E-state index in [2.05, 4.69) is 5.32 Å². The summed E-state index contributed by atoms with van der Waals surface area (Å²) in [4.78, 5) is 24.5. The van der Waals surface area contributed by atoms with E-state index < -0.39 is 54.5 Å². The van der Waals surface area contributed by atoms with E-state index in [1.807, 2.05) is 6.07 Å². The van der Waals surface area contributed by atoms with Crippen LogP contribution in [0.5, 0.6) is 5.75 Å². The lowest BCUT2D eigenvalue weighted by molar-refractivity contribution is -0.283. The molecular weight excluding hydrogens is 554 g/mol. The van der Waals surface area contributed by atoms with Crippen molar-refractivity contribution in [1.82, 2.24) is 5.32 Å². The first kappa shape index (κ1) is 30.1. The van der Waals surface area contributed by atoms with Crippen molar-refractivity contribution in [2.24, 2.45) is 23.7 Å². The summed E-state index contributed by atoms with van der Waals surface area (Å²) >= 11 is 6.50. The number of rotatable bonds is 9. The number of hydrogen-bond acceptors (Lipinski definition) is 8. The van der Waals surface area contributed by atoms with Crippen LogP contribution >= 0.6 is 11.6 Å². The van der Waals surface area contributed by atoms with Gasteiger partial charge in [0.1, 0.15) is 23.7 Å². The minimum Gasteiger partial charge on any atom is -0.496 e. The Labute approximate surface area is 244 Å². The molecule has 1 aliphatic heterocycles. The molecule has 1 heterocycles. The van der Waals surface area contributed by atoms with Gasteiger partial charge in [-0.3, -0.25) is 4.79 Å². The standard InChI is InChI=1S/C30H40ClNO9/c1-4-21(34)26(36)28-25(32-14(2)33)22(35)13-30(41-28,29(37)38)40-23-12-17(5-6-20(23)31)27(39-3)24-18-8-15-7-16(10-18)11-19(24)9-15/h5-6,12,15-16,18-19,21-22,25-26,28,34-36H,4,7-11,13H2,1-3H3,(H,32,33)(H,37,38). The number of amides is 1. The lowest BCUT2D eigenvalue weighted by Crippen LogP contribution is -2.68. The second kappa shape index (κ2) is 11.7. The molecule has 5 aliphatic rings. The van der Waals surface area contributed by atoms with Crippen molar-refractivity contribution in [3.63, 3.8) is 0 Å². The van der Waals surface area contributed by atoms with Gasteiger partial charge in [0.05, 0.1) is 36.8 Å². The summed E-state index contributed by atoms with van der Waals surface area (Å²) in [6, 6.07) is 3.84. The third-order valence-electron chi connectivity index (χ3n) is 9.37. The van der Waals surface area contributed by atoms with Crippen LogP contribution < -0.4 is 10.1 Å². The Morgan fingerprint density at radius 2 is 1.78 bits per heavy atom. The van der Waals surface area contributed by atoms with Crippen molar-refractivity contribution in [2.75, 3.05) is 7.11 Å². The molecule has 4 bridgehead atoms. The third kappa shape index (κ3) is 5.69. The highest BCUT2D eigenvalue weighted by atomic mass is 35.5. The summed E-state index contributed by atoms with van der Waals surface area (Å²) in [6.07, 6.45) is -0.439. The second-order valence-corrected chi connectivity index (χ2v) is 12.6. The number of ether oxygens (including phenoxy) is 3. The zero-order valence-corrected chi connectivity index (χ0v) is 24.3. The van der Waals surface area contributed by atoms with Gasteiger partial charge in [0.2, 0.25) is 5.91 Å². The van der Waals surface area contributed by atoms with Crippen LogP contribution in [0.4, 0.5) is 0 Å². The molecule has 5 fully saturated rings. The summed E-state index contributed by atoms with van der Waals surface area (Å²) in [6.45, 7) is 2.84. The van der Waals surface area contributed by atoms with Crippen molar-refractivity contribution in [3.8, 4) is 5.75 Å². The van der Waals surface area contributed by atoms with Crippen LogP contribution in [0.25, 0.3) is 5.76 Å². The van der Waals surface area contributed by atoms with E-state index in [4.69, 9.17) is 25.8 Å². The minimum atomic E-state index is -2.47. The van der Waals surface area contributed by atoms with Crippen LogP contribution in [0.15, 0.2) is 23.8 Å². The van der Waals surface area contributed by atoms with E-state index in [9.17, 15) is 30.0 Å². The van der Waals surface area contributed by atoms with Crippen molar-refractivity contribution in [2.45, 2.75) is 95.0 Å². The van der Waals surface area contributed by atoms with Gasteiger partial charge >= 0.3 is 11.8 Å². The molecule has 0 aromatic heterocycles. The first-order valence-electron chi connectivity index (χ1n) is 14.5. The molecule has 0 spiro atoms.